The van der Waals surface area contributed by atoms with Gasteiger partial charge in [0.15, 0.2) is 0 Å². The van der Waals surface area contributed by atoms with Crippen molar-refractivity contribution in [3.8, 4) is 5.75 Å². The van der Waals surface area contributed by atoms with E-state index in [1.165, 1.54) is 6.07 Å². The first-order chi connectivity index (χ1) is 13.8. The van der Waals surface area contributed by atoms with E-state index in [-0.39, 0.29) is 16.9 Å². The summed E-state index contributed by atoms with van der Waals surface area (Å²) in [5, 5.41) is 0.202. The molecule has 9 heteroatoms. The van der Waals surface area contributed by atoms with Crippen LogP contribution >= 0.6 is 11.6 Å². The molecule has 0 aliphatic carbocycles. The van der Waals surface area contributed by atoms with Crippen molar-refractivity contribution in [3.05, 3.63) is 58.9 Å². The van der Waals surface area contributed by atoms with Crippen molar-refractivity contribution in [2.45, 2.75) is 19.0 Å². The van der Waals surface area contributed by atoms with Crippen LogP contribution in [0.4, 0.5) is 13.2 Å². The summed E-state index contributed by atoms with van der Waals surface area (Å²) < 4.78 is 49.5. The second kappa shape index (κ2) is 7.85. The quantitative estimate of drug-likeness (QED) is 0.607. The maximum Gasteiger partial charge on any atom is 0.573 e. The van der Waals surface area contributed by atoms with Crippen molar-refractivity contribution in [3.63, 3.8) is 0 Å². The average molecular weight is 426 g/mol. The molecule has 2 heterocycles. The minimum Gasteiger partial charge on any atom is -0.406 e. The van der Waals surface area contributed by atoms with Gasteiger partial charge in [0.2, 0.25) is 0 Å². The molecule has 2 aromatic carbocycles. The van der Waals surface area contributed by atoms with E-state index >= 15 is 0 Å². The van der Waals surface area contributed by atoms with Crippen LogP contribution < -0.4 is 4.74 Å². The van der Waals surface area contributed by atoms with E-state index in [1.807, 2.05) is 23.7 Å². The third-order valence-electron chi connectivity index (χ3n) is 4.84. The standard InChI is InChI=1S/C20H19ClF3N3O2/c1-26-12-25-17-3-2-14(8-18(17)26)19-11-27(4-5-28-19)10-13-6-15(21)9-16(7-13)29-20(22,23)24/h2-3,6-9,12,19H,4-5,10-11H2,1H3/t19-/m0/s1. The van der Waals surface area contributed by atoms with Gasteiger partial charge in [0.05, 0.1) is 30.1 Å². The fraction of sp³-hybridized carbons (Fsp3) is 0.350. The van der Waals surface area contributed by atoms with Crippen LogP contribution in [0.5, 0.6) is 5.75 Å². The van der Waals surface area contributed by atoms with Gasteiger partial charge in [-0.25, -0.2) is 4.98 Å². The Morgan fingerprint density at radius 1 is 1.24 bits per heavy atom. The molecule has 1 fully saturated rings. The summed E-state index contributed by atoms with van der Waals surface area (Å²) in [6, 6.07) is 10.2. The Bertz CT molecular complexity index is 1020. The molecule has 1 aromatic heterocycles. The zero-order valence-electron chi connectivity index (χ0n) is 15.6. The number of aromatic nitrogens is 2. The number of hydrogen-bond acceptors (Lipinski definition) is 4. The summed E-state index contributed by atoms with van der Waals surface area (Å²) in [5.74, 6) is -0.313. The molecule has 0 amide bonds. The lowest BCUT2D eigenvalue weighted by Gasteiger charge is -2.33. The second-order valence-electron chi connectivity index (χ2n) is 7.04. The number of aryl methyl sites for hydroxylation is 1. The Morgan fingerprint density at radius 2 is 2.07 bits per heavy atom. The first-order valence-electron chi connectivity index (χ1n) is 9.07. The predicted molar refractivity (Wildman–Crippen MR) is 103 cm³/mol. The lowest BCUT2D eigenvalue weighted by Crippen LogP contribution is -2.37. The molecule has 154 valence electrons. The lowest BCUT2D eigenvalue weighted by molar-refractivity contribution is -0.274. The monoisotopic (exact) mass is 425 g/mol. The molecule has 3 aromatic rings. The van der Waals surface area contributed by atoms with Gasteiger partial charge < -0.3 is 14.0 Å². The number of imidazole rings is 1. The predicted octanol–water partition coefficient (Wildman–Crippen LogP) is 4.70. The topological polar surface area (TPSA) is 39.5 Å². The summed E-state index contributed by atoms with van der Waals surface area (Å²) in [6.07, 6.45) is -3.12. The average Bonchev–Trinajstić information content (AvgIpc) is 3.00. The molecule has 1 atom stereocenters. The Hall–Kier alpha value is -2.29. The largest absolute Gasteiger partial charge is 0.573 e. The summed E-state index contributed by atoms with van der Waals surface area (Å²) in [4.78, 5) is 6.45. The van der Waals surface area contributed by atoms with Crippen LogP contribution in [-0.2, 0) is 18.3 Å². The van der Waals surface area contributed by atoms with Crippen molar-refractivity contribution < 1.29 is 22.6 Å². The molecular weight excluding hydrogens is 407 g/mol. The van der Waals surface area contributed by atoms with Crippen molar-refractivity contribution in [2.75, 3.05) is 19.7 Å². The highest BCUT2D eigenvalue weighted by Gasteiger charge is 2.31. The Kier molecular flexibility index (Phi) is 5.42. The summed E-state index contributed by atoms with van der Waals surface area (Å²) in [7, 11) is 1.94. The van der Waals surface area contributed by atoms with E-state index in [0.717, 1.165) is 22.7 Å². The van der Waals surface area contributed by atoms with Gasteiger partial charge in [-0.05, 0) is 41.5 Å². The number of morpholine rings is 1. The van der Waals surface area contributed by atoms with Gasteiger partial charge in [0.1, 0.15) is 5.75 Å². The molecule has 1 aliphatic rings. The highest BCUT2D eigenvalue weighted by molar-refractivity contribution is 6.30. The van der Waals surface area contributed by atoms with E-state index in [0.29, 0.717) is 31.8 Å². The minimum absolute atomic E-state index is 0.131. The third-order valence-corrected chi connectivity index (χ3v) is 5.06. The van der Waals surface area contributed by atoms with Crippen molar-refractivity contribution in [1.29, 1.82) is 0 Å². The van der Waals surface area contributed by atoms with Crippen molar-refractivity contribution in [2.24, 2.45) is 7.05 Å². The van der Waals surface area contributed by atoms with E-state index in [9.17, 15) is 13.2 Å². The maximum atomic E-state index is 12.5. The maximum absolute atomic E-state index is 12.5. The van der Waals surface area contributed by atoms with Crippen LogP contribution in [0.15, 0.2) is 42.7 Å². The first-order valence-corrected chi connectivity index (χ1v) is 9.45. The van der Waals surface area contributed by atoms with Crippen LogP contribution in [0, 0.1) is 0 Å². The van der Waals surface area contributed by atoms with Gasteiger partial charge in [-0.2, -0.15) is 0 Å². The van der Waals surface area contributed by atoms with Crippen molar-refractivity contribution >= 4 is 22.6 Å². The van der Waals surface area contributed by atoms with Gasteiger partial charge in [0, 0.05) is 31.7 Å². The van der Waals surface area contributed by atoms with E-state index in [2.05, 4.69) is 20.7 Å². The van der Waals surface area contributed by atoms with Crippen LogP contribution in [0.3, 0.4) is 0 Å². The van der Waals surface area contributed by atoms with Gasteiger partial charge in [-0.15, -0.1) is 13.2 Å². The first kappa shape index (κ1) is 20.0. The fourth-order valence-corrected chi connectivity index (χ4v) is 3.80. The second-order valence-corrected chi connectivity index (χ2v) is 7.48. The fourth-order valence-electron chi connectivity index (χ4n) is 3.55. The molecule has 4 rings (SSSR count). The summed E-state index contributed by atoms with van der Waals surface area (Å²) in [5.41, 5.74) is 3.63. The molecule has 0 spiro atoms. The van der Waals surface area contributed by atoms with Crippen molar-refractivity contribution in [1.82, 2.24) is 14.5 Å². The highest BCUT2D eigenvalue weighted by atomic mass is 35.5. The number of fused-ring (bicyclic) bond motifs is 1. The molecule has 0 saturated carbocycles. The number of benzene rings is 2. The van der Waals surface area contributed by atoms with Crippen LogP contribution in [0.25, 0.3) is 11.0 Å². The van der Waals surface area contributed by atoms with Gasteiger partial charge >= 0.3 is 6.36 Å². The zero-order chi connectivity index (χ0) is 20.6. The summed E-state index contributed by atoms with van der Waals surface area (Å²) in [6.45, 7) is 2.26. The third kappa shape index (κ3) is 4.83. The van der Waals surface area contributed by atoms with Gasteiger partial charge in [-0.3, -0.25) is 4.90 Å². The molecule has 0 unspecified atom stereocenters. The molecule has 0 N–H and O–H groups in total. The van der Waals surface area contributed by atoms with Crippen LogP contribution in [0.2, 0.25) is 5.02 Å². The lowest BCUT2D eigenvalue weighted by atomic mass is 10.1. The van der Waals surface area contributed by atoms with E-state index in [1.54, 1.807) is 12.4 Å². The molecule has 1 saturated heterocycles. The molecule has 5 nitrogen and oxygen atoms in total. The molecule has 1 aliphatic heterocycles. The number of alkyl halides is 3. The highest BCUT2D eigenvalue weighted by Crippen LogP contribution is 2.29. The zero-order valence-corrected chi connectivity index (χ0v) is 16.4. The SMILES string of the molecule is Cn1cnc2ccc([C@@H]3CN(Cc4cc(Cl)cc(OC(F)(F)F)c4)CCO3)cc21. The van der Waals surface area contributed by atoms with E-state index in [4.69, 9.17) is 16.3 Å². The van der Waals surface area contributed by atoms with Gasteiger partial charge in [0.25, 0.3) is 0 Å². The number of hydrogen-bond donors (Lipinski definition) is 0. The molecule has 0 radical (unpaired) electrons. The van der Waals surface area contributed by atoms with Crippen LogP contribution in [0.1, 0.15) is 17.2 Å². The molecule has 29 heavy (non-hydrogen) atoms. The Labute approximate surface area is 170 Å². The molecular formula is C20H19ClF3N3O2. The van der Waals surface area contributed by atoms with E-state index < -0.39 is 6.36 Å². The normalized spacial score (nSPS) is 18.3. The van der Waals surface area contributed by atoms with Gasteiger partial charge in [-0.1, -0.05) is 17.7 Å². The Morgan fingerprint density at radius 3 is 2.86 bits per heavy atom. The number of ether oxygens (including phenoxy) is 2. The number of rotatable bonds is 4. The smallest absolute Gasteiger partial charge is 0.406 e. The van der Waals surface area contributed by atoms with Crippen LogP contribution in [-0.4, -0.2) is 40.5 Å². The molecule has 0 bridgehead atoms. The summed E-state index contributed by atoms with van der Waals surface area (Å²) >= 11 is 5.98. The Balaban J connectivity index is 1.49. The minimum atomic E-state index is -4.75. The number of nitrogens with zero attached hydrogens (tertiary/aromatic N) is 3. The number of halogens is 4.